The summed E-state index contributed by atoms with van der Waals surface area (Å²) in [5, 5.41) is 0. The molecule has 0 heterocycles. The Bertz CT molecular complexity index is 173. The van der Waals surface area contributed by atoms with E-state index in [4.69, 9.17) is 0 Å². The fourth-order valence-corrected chi connectivity index (χ4v) is 1.13. The highest BCUT2D eigenvalue weighted by Crippen LogP contribution is 2.14. The van der Waals surface area contributed by atoms with E-state index in [1.165, 1.54) is 6.32 Å². The maximum absolute atomic E-state index is 11.0. The standard InChI is InChI=1S/C10H19BO/c1-4-10(9(3)12)6-5-8(2)7-11/h4,8H,5-7,11H2,1-3H3/b10-4+. The number of ketones is 1. The third-order valence-electron chi connectivity index (χ3n) is 2.40. The molecule has 0 radical (unpaired) electrons. The van der Waals surface area contributed by atoms with E-state index >= 15 is 0 Å². The fraction of sp³-hybridized carbons (Fsp3) is 0.700. The molecule has 68 valence electrons. The molecule has 0 aromatic heterocycles. The van der Waals surface area contributed by atoms with Gasteiger partial charge < -0.3 is 0 Å². The molecule has 0 aromatic carbocycles. The van der Waals surface area contributed by atoms with Gasteiger partial charge in [0.2, 0.25) is 0 Å². The molecule has 1 nitrogen and oxygen atoms in total. The Morgan fingerprint density at radius 1 is 1.58 bits per heavy atom. The van der Waals surface area contributed by atoms with E-state index in [0.29, 0.717) is 0 Å². The van der Waals surface area contributed by atoms with Crippen molar-refractivity contribution >= 4 is 13.6 Å². The Labute approximate surface area is 76.6 Å². The van der Waals surface area contributed by atoms with Gasteiger partial charge in [-0.15, -0.1) is 0 Å². The zero-order chi connectivity index (χ0) is 9.56. The third kappa shape index (κ3) is 4.37. The average Bonchev–Trinajstić information content (AvgIpc) is 2.04. The molecule has 0 amide bonds. The second-order valence-corrected chi connectivity index (χ2v) is 3.42. The molecular formula is C10H19BO. The summed E-state index contributed by atoms with van der Waals surface area (Å²) in [5.74, 6) is 0.958. The quantitative estimate of drug-likeness (QED) is 0.450. The van der Waals surface area contributed by atoms with Gasteiger partial charge in [0.1, 0.15) is 7.85 Å². The van der Waals surface area contributed by atoms with Crippen molar-refractivity contribution in [2.24, 2.45) is 5.92 Å². The van der Waals surface area contributed by atoms with Crippen LogP contribution in [0.1, 0.15) is 33.6 Å². The van der Waals surface area contributed by atoms with E-state index in [0.717, 1.165) is 24.3 Å². The van der Waals surface area contributed by atoms with Crippen LogP contribution in [0.25, 0.3) is 0 Å². The number of hydrogen-bond donors (Lipinski definition) is 0. The molecule has 0 N–H and O–H groups in total. The minimum absolute atomic E-state index is 0.223. The van der Waals surface area contributed by atoms with E-state index in [1.54, 1.807) is 6.92 Å². The topological polar surface area (TPSA) is 17.1 Å². The van der Waals surface area contributed by atoms with Gasteiger partial charge in [-0.3, -0.25) is 4.79 Å². The Hall–Kier alpha value is -0.525. The molecule has 2 heteroatoms. The Morgan fingerprint density at radius 2 is 2.17 bits per heavy atom. The lowest BCUT2D eigenvalue weighted by Crippen LogP contribution is -2.00. The molecule has 0 saturated heterocycles. The average molecular weight is 166 g/mol. The van der Waals surface area contributed by atoms with Crippen molar-refractivity contribution < 1.29 is 4.79 Å². The summed E-state index contributed by atoms with van der Waals surface area (Å²) < 4.78 is 0. The molecule has 1 atom stereocenters. The van der Waals surface area contributed by atoms with Gasteiger partial charge in [0.25, 0.3) is 0 Å². The molecule has 0 aliphatic carbocycles. The van der Waals surface area contributed by atoms with Gasteiger partial charge in [0.05, 0.1) is 0 Å². The van der Waals surface area contributed by atoms with E-state index < -0.39 is 0 Å². The lowest BCUT2D eigenvalue weighted by molar-refractivity contribution is -0.113. The summed E-state index contributed by atoms with van der Waals surface area (Å²) in [6.45, 7) is 5.81. The van der Waals surface area contributed by atoms with Crippen LogP contribution in [0.3, 0.4) is 0 Å². The van der Waals surface area contributed by atoms with Crippen LogP contribution in [0.4, 0.5) is 0 Å². The summed E-state index contributed by atoms with van der Waals surface area (Å²) in [6, 6.07) is 0. The van der Waals surface area contributed by atoms with Crippen molar-refractivity contribution in [3.05, 3.63) is 11.6 Å². The first-order chi connectivity index (χ1) is 5.61. The second-order valence-electron chi connectivity index (χ2n) is 3.42. The zero-order valence-corrected chi connectivity index (χ0v) is 8.68. The van der Waals surface area contributed by atoms with Gasteiger partial charge in [-0.2, -0.15) is 0 Å². The molecule has 0 spiro atoms. The SMILES string of the molecule is BCC(C)CC/C(=C\C)C(C)=O. The van der Waals surface area contributed by atoms with Crippen molar-refractivity contribution in [3.8, 4) is 0 Å². The molecule has 0 aliphatic rings. The largest absolute Gasteiger partial charge is 0.295 e. The molecule has 0 aliphatic heterocycles. The third-order valence-corrected chi connectivity index (χ3v) is 2.40. The Morgan fingerprint density at radius 3 is 2.50 bits per heavy atom. The molecule has 1 unspecified atom stereocenters. The Kier molecular flexibility index (Phi) is 5.78. The number of hydrogen-bond acceptors (Lipinski definition) is 1. The summed E-state index contributed by atoms with van der Waals surface area (Å²) in [4.78, 5) is 11.0. The predicted octanol–water partition coefficient (Wildman–Crippen LogP) is 1.99. The van der Waals surface area contributed by atoms with Crippen molar-refractivity contribution in [3.63, 3.8) is 0 Å². The number of carbonyl (C=O) groups excluding carboxylic acids is 1. The zero-order valence-electron chi connectivity index (χ0n) is 8.68. The highest BCUT2D eigenvalue weighted by molar-refractivity contribution is 6.08. The fourth-order valence-electron chi connectivity index (χ4n) is 1.13. The first kappa shape index (κ1) is 11.5. The van der Waals surface area contributed by atoms with Crippen LogP contribution in [0.2, 0.25) is 6.32 Å². The number of rotatable bonds is 5. The van der Waals surface area contributed by atoms with Crippen LogP contribution in [0.15, 0.2) is 11.6 Å². The van der Waals surface area contributed by atoms with Crippen molar-refractivity contribution in [2.75, 3.05) is 0 Å². The molecule has 0 saturated carbocycles. The Balaban J connectivity index is 3.83. The maximum atomic E-state index is 11.0. The number of Topliss-reactive ketones (excluding diaryl/α,β-unsaturated/α-hetero) is 1. The monoisotopic (exact) mass is 166 g/mol. The van der Waals surface area contributed by atoms with Crippen LogP contribution < -0.4 is 0 Å². The van der Waals surface area contributed by atoms with Gasteiger partial charge in [-0.25, -0.2) is 0 Å². The normalized spacial score (nSPS) is 14.4. The van der Waals surface area contributed by atoms with E-state index in [2.05, 4.69) is 14.8 Å². The van der Waals surface area contributed by atoms with Gasteiger partial charge in [-0.1, -0.05) is 25.2 Å². The van der Waals surface area contributed by atoms with Gasteiger partial charge in [-0.05, 0) is 32.3 Å². The maximum Gasteiger partial charge on any atom is 0.155 e. The summed E-state index contributed by atoms with van der Waals surface area (Å²) in [5.41, 5.74) is 0.982. The van der Waals surface area contributed by atoms with Crippen molar-refractivity contribution in [2.45, 2.75) is 39.9 Å². The second kappa shape index (κ2) is 6.04. The van der Waals surface area contributed by atoms with E-state index in [9.17, 15) is 4.79 Å². The highest BCUT2D eigenvalue weighted by Gasteiger charge is 2.04. The van der Waals surface area contributed by atoms with Gasteiger partial charge in [0, 0.05) is 0 Å². The van der Waals surface area contributed by atoms with Gasteiger partial charge >= 0.3 is 0 Å². The predicted molar refractivity (Wildman–Crippen MR) is 56.2 cm³/mol. The van der Waals surface area contributed by atoms with Crippen LogP contribution in [0, 0.1) is 5.92 Å². The summed E-state index contributed by atoms with van der Waals surface area (Å²) in [7, 11) is 2.19. The van der Waals surface area contributed by atoms with Gasteiger partial charge in [0.15, 0.2) is 5.78 Å². The smallest absolute Gasteiger partial charge is 0.155 e. The van der Waals surface area contributed by atoms with Crippen molar-refractivity contribution in [1.29, 1.82) is 0 Å². The summed E-state index contributed by atoms with van der Waals surface area (Å²) >= 11 is 0. The molecule has 0 fully saturated rings. The van der Waals surface area contributed by atoms with E-state index in [-0.39, 0.29) is 5.78 Å². The highest BCUT2D eigenvalue weighted by atomic mass is 16.1. The molecule has 12 heavy (non-hydrogen) atoms. The van der Waals surface area contributed by atoms with Crippen molar-refractivity contribution in [1.82, 2.24) is 0 Å². The molecule has 0 rings (SSSR count). The van der Waals surface area contributed by atoms with Crippen LogP contribution in [-0.2, 0) is 4.79 Å². The van der Waals surface area contributed by atoms with Crippen LogP contribution >= 0.6 is 0 Å². The minimum Gasteiger partial charge on any atom is -0.295 e. The minimum atomic E-state index is 0.223. The number of allylic oxidation sites excluding steroid dienone is 2. The lowest BCUT2D eigenvalue weighted by Gasteiger charge is -2.08. The summed E-state index contributed by atoms with van der Waals surface area (Å²) in [6.07, 6.45) is 5.22. The molecule has 0 bridgehead atoms. The van der Waals surface area contributed by atoms with Crippen LogP contribution in [0.5, 0.6) is 0 Å². The number of carbonyl (C=O) groups is 1. The molecule has 0 aromatic rings. The lowest BCUT2D eigenvalue weighted by atomic mass is 9.88. The first-order valence-corrected chi connectivity index (χ1v) is 4.77. The van der Waals surface area contributed by atoms with E-state index in [1.807, 2.05) is 13.0 Å². The molecular weight excluding hydrogens is 147 g/mol. The van der Waals surface area contributed by atoms with Crippen LogP contribution in [-0.4, -0.2) is 13.6 Å². The first-order valence-electron chi connectivity index (χ1n) is 4.77.